The Balaban J connectivity index is 1.82. The molecule has 4 aromatic rings. The van der Waals surface area contributed by atoms with Gasteiger partial charge in [-0.3, -0.25) is 13.9 Å². The molecule has 10 heteroatoms. The SMILES string of the molecule is CCCNC(=O)[C@@H](Cc1ccccc1)N(Cc1c(Cl)cccc1Cl)C(=O)CN(c1ccc(C)cc1)S(=O)(=O)c1ccc(C)cc1. The summed E-state index contributed by atoms with van der Waals surface area (Å²) in [5.41, 5.74) is 3.44. The van der Waals surface area contributed by atoms with Crippen molar-refractivity contribution in [3.05, 3.63) is 129 Å². The van der Waals surface area contributed by atoms with Gasteiger partial charge in [0.25, 0.3) is 10.0 Å². The zero-order valence-corrected chi connectivity index (χ0v) is 27.9. The monoisotopic (exact) mass is 665 g/mol. The van der Waals surface area contributed by atoms with Gasteiger partial charge >= 0.3 is 0 Å². The van der Waals surface area contributed by atoms with Crippen molar-refractivity contribution in [2.45, 2.75) is 51.1 Å². The number of hydrogen-bond acceptors (Lipinski definition) is 4. The molecule has 4 aromatic carbocycles. The van der Waals surface area contributed by atoms with Crippen molar-refractivity contribution in [2.24, 2.45) is 0 Å². The first kappa shape index (κ1) is 34.0. The van der Waals surface area contributed by atoms with Crippen LogP contribution in [0.4, 0.5) is 5.69 Å². The van der Waals surface area contributed by atoms with Crippen LogP contribution in [0.1, 0.15) is 35.6 Å². The van der Waals surface area contributed by atoms with Crippen molar-refractivity contribution in [3.63, 3.8) is 0 Å². The molecule has 236 valence electrons. The van der Waals surface area contributed by atoms with E-state index in [1.807, 2.05) is 51.1 Å². The maximum absolute atomic E-state index is 14.5. The van der Waals surface area contributed by atoms with E-state index in [9.17, 15) is 18.0 Å². The van der Waals surface area contributed by atoms with E-state index in [2.05, 4.69) is 5.32 Å². The molecule has 0 unspecified atom stereocenters. The number of carbonyl (C=O) groups excluding carboxylic acids is 2. The maximum atomic E-state index is 14.5. The van der Waals surface area contributed by atoms with Gasteiger partial charge in [0.15, 0.2) is 0 Å². The molecule has 0 aliphatic carbocycles. The summed E-state index contributed by atoms with van der Waals surface area (Å²) in [5, 5.41) is 3.58. The molecule has 45 heavy (non-hydrogen) atoms. The van der Waals surface area contributed by atoms with Crippen molar-refractivity contribution in [1.82, 2.24) is 10.2 Å². The Morgan fingerprint density at radius 1 is 0.800 bits per heavy atom. The van der Waals surface area contributed by atoms with Crippen LogP contribution in [0.3, 0.4) is 0 Å². The van der Waals surface area contributed by atoms with Crippen LogP contribution in [0.25, 0.3) is 0 Å². The first-order valence-electron chi connectivity index (χ1n) is 14.7. The minimum absolute atomic E-state index is 0.0451. The Bertz CT molecular complexity index is 1690. The van der Waals surface area contributed by atoms with Gasteiger partial charge in [0.2, 0.25) is 11.8 Å². The van der Waals surface area contributed by atoms with E-state index in [-0.39, 0.29) is 23.8 Å². The Kier molecular flexibility index (Phi) is 11.7. The van der Waals surface area contributed by atoms with Crippen LogP contribution in [0, 0.1) is 13.8 Å². The van der Waals surface area contributed by atoms with Crippen molar-refractivity contribution < 1.29 is 18.0 Å². The molecule has 0 bridgehead atoms. The summed E-state index contributed by atoms with van der Waals surface area (Å²) in [5.74, 6) is -0.949. The second-order valence-corrected chi connectivity index (χ2v) is 13.6. The third-order valence-corrected chi connectivity index (χ3v) is 9.92. The third kappa shape index (κ3) is 8.66. The van der Waals surface area contributed by atoms with Crippen LogP contribution >= 0.6 is 23.2 Å². The van der Waals surface area contributed by atoms with Crippen molar-refractivity contribution in [1.29, 1.82) is 0 Å². The van der Waals surface area contributed by atoms with Crippen LogP contribution in [-0.4, -0.2) is 44.3 Å². The smallest absolute Gasteiger partial charge is 0.264 e. The van der Waals surface area contributed by atoms with Crippen LogP contribution in [0.5, 0.6) is 0 Å². The number of benzene rings is 4. The van der Waals surface area contributed by atoms with Gasteiger partial charge in [-0.1, -0.05) is 102 Å². The fraction of sp³-hybridized carbons (Fsp3) is 0.257. The number of nitrogens with one attached hydrogen (secondary N) is 1. The van der Waals surface area contributed by atoms with Gasteiger partial charge in [0.05, 0.1) is 10.6 Å². The summed E-state index contributed by atoms with van der Waals surface area (Å²) < 4.78 is 29.3. The standard InChI is InChI=1S/C35H37Cl2N3O4S/c1-4-21-38-35(42)33(22-27-9-6-5-7-10-27)39(23-30-31(36)11-8-12-32(30)37)34(41)24-40(28-17-13-25(2)14-18-28)45(43,44)29-19-15-26(3)16-20-29/h5-20,33H,4,21-24H2,1-3H3,(H,38,42)/t33-/m1/s1. The van der Waals surface area contributed by atoms with Crippen molar-refractivity contribution in [2.75, 3.05) is 17.4 Å². The quantitative estimate of drug-likeness (QED) is 0.167. The van der Waals surface area contributed by atoms with E-state index in [1.165, 1.54) is 17.0 Å². The Hall–Kier alpha value is -3.85. The molecule has 0 radical (unpaired) electrons. The number of sulfonamides is 1. The molecule has 0 aliphatic rings. The average molecular weight is 667 g/mol. The molecule has 4 rings (SSSR count). The van der Waals surface area contributed by atoms with E-state index >= 15 is 0 Å². The molecule has 0 saturated carbocycles. The lowest BCUT2D eigenvalue weighted by Gasteiger charge is -2.34. The van der Waals surface area contributed by atoms with Crippen molar-refractivity contribution >= 4 is 50.7 Å². The normalized spacial score (nSPS) is 11.9. The highest BCUT2D eigenvalue weighted by molar-refractivity contribution is 7.92. The van der Waals surface area contributed by atoms with E-state index in [0.717, 1.165) is 21.0 Å². The molecule has 0 saturated heterocycles. The highest BCUT2D eigenvalue weighted by Gasteiger charge is 2.35. The summed E-state index contributed by atoms with van der Waals surface area (Å²) >= 11 is 13.1. The van der Waals surface area contributed by atoms with Crippen LogP contribution in [0.15, 0.2) is 102 Å². The number of rotatable bonds is 13. The van der Waals surface area contributed by atoms with E-state index in [4.69, 9.17) is 23.2 Å². The van der Waals surface area contributed by atoms with E-state index in [0.29, 0.717) is 34.3 Å². The first-order chi connectivity index (χ1) is 21.5. The summed E-state index contributed by atoms with van der Waals surface area (Å²) in [6.07, 6.45) is 0.892. The molecule has 0 spiro atoms. The topological polar surface area (TPSA) is 86.8 Å². The van der Waals surface area contributed by atoms with Crippen LogP contribution < -0.4 is 9.62 Å². The largest absolute Gasteiger partial charge is 0.354 e. The molecule has 1 N–H and O–H groups in total. The minimum Gasteiger partial charge on any atom is -0.354 e. The highest BCUT2D eigenvalue weighted by atomic mass is 35.5. The van der Waals surface area contributed by atoms with Gasteiger partial charge in [-0.2, -0.15) is 0 Å². The van der Waals surface area contributed by atoms with Crippen LogP contribution in [-0.2, 0) is 32.6 Å². The molecule has 2 amide bonds. The number of hydrogen-bond donors (Lipinski definition) is 1. The summed E-state index contributed by atoms with van der Waals surface area (Å²) in [6, 6.07) is 26.8. The number of nitrogens with zero attached hydrogens (tertiary/aromatic N) is 2. The molecule has 0 fully saturated rings. The molecule has 0 aromatic heterocycles. The lowest BCUT2D eigenvalue weighted by Crippen LogP contribution is -2.53. The molecular weight excluding hydrogens is 629 g/mol. The fourth-order valence-corrected chi connectivity index (χ4v) is 6.78. The zero-order chi connectivity index (χ0) is 32.6. The average Bonchev–Trinajstić information content (AvgIpc) is 3.02. The van der Waals surface area contributed by atoms with Crippen LogP contribution in [0.2, 0.25) is 10.0 Å². The second kappa shape index (κ2) is 15.4. The Morgan fingerprint density at radius 3 is 1.96 bits per heavy atom. The first-order valence-corrected chi connectivity index (χ1v) is 16.9. The lowest BCUT2D eigenvalue weighted by atomic mass is 10.0. The van der Waals surface area contributed by atoms with Gasteiger partial charge in [-0.05, 0) is 62.2 Å². The number of halogens is 2. The number of aryl methyl sites for hydroxylation is 2. The zero-order valence-electron chi connectivity index (χ0n) is 25.5. The molecule has 7 nitrogen and oxygen atoms in total. The summed E-state index contributed by atoms with van der Waals surface area (Å²) in [6.45, 7) is 5.44. The Morgan fingerprint density at radius 2 is 1.38 bits per heavy atom. The third-order valence-electron chi connectivity index (χ3n) is 7.42. The summed E-state index contributed by atoms with van der Waals surface area (Å²) in [4.78, 5) is 29.7. The molecule has 0 aliphatic heterocycles. The van der Waals surface area contributed by atoms with Gasteiger partial charge in [0, 0.05) is 35.1 Å². The van der Waals surface area contributed by atoms with Gasteiger partial charge in [-0.25, -0.2) is 8.42 Å². The fourth-order valence-electron chi connectivity index (χ4n) is 4.85. The Labute approximate surface area is 275 Å². The summed E-state index contributed by atoms with van der Waals surface area (Å²) in [7, 11) is -4.19. The lowest BCUT2D eigenvalue weighted by molar-refractivity contribution is -0.140. The van der Waals surface area contributed by atoms with E-state index in [1.54, 1.807) is 54.6 Å². The predicted octanol–water partition coefficient (Wildman–Crippen LogP) is 6.97. The number of amides is 2. The highest BCUT2D eigenvalue weighted by Crippen LogP contribution is 2.29. The number of anilines is 1. The molecule has 0 heterocycles. The van der Waals surface area contributed by atoms with Gasteiger partial charge < -0.3 is 10.2 Å². The van der Waals surface area contributed by atoms with Gasteiger partial charge in [-0.15, -0.1) is 0 Å². The van der Waals surface area contributed by atoms with Crippen molar-refractivity contribution in [3.8, 4) is 0 Å². The number of carbonyl (C=O) groups is 2. The van der Waals surface area contributed by atoms with E-state index < -0.39 is 28.5 Å². The maximum Gasteiger partial charge on any atom is 0.264 e. The van der Waals surface area contributed by atoms with Gasteiger partial charge in [0.1, 0.15) is 12.6 Å². The second-order valence-electron chi connectivity index (χ2n) is 10.9. The molecular formula is C35H37Cl2N3O4S. The molecule has 1 atom stereocenters. The predicted molar refractivity (Wildman–Crippen MR) is 181 cm³/mol. The minimum atomic E-state index is -4.19.